The summed E-state index contributed by atoms with van der Waals surface area (Å²) in [5, 5.41) is 17.7. The zero-order chi connectivity index (χ0) is 18.4. The quantitative estimate of drug-likeness (QED) is 0.647. The Balaban J connectivity index is 1.65. The Morgan fingerprint density at radius 2 is 1.88 bits per heavy atom. The van der Waals surface area contributed by atoms with E-state index in [0.717, 1.165) is 16.3 Å². The molecule has 0 unspecified atom stereocenters. The molecule has 3 N–H and O–H groups in total. The van der Waals surface area contributed by atoms with Crippen LogP contribution in [0.25, 0.3) is 10.8 Å². The zero-order valence-corrected chi connectivity index (χ0v) is 14.1. The number of nitrogens with two attached hydrogens (primary N) is 1. The number of benzene rings is 2. The second kappa shape index (κ2) is 8.22. The Hall–Kier alpha value is -3.25. The highest BCUT2D eigenvalue weighted by Crippen LogP contribution is 2.23. The van der Waals surface area contributed by atoms with Gasteiger partial charge in [0.1, 0.15) is 12.6 Å². The van der Waals surface area contributed by atoms with Crippen molar-refractivity contribution < 1.29 is 20.0 Å². The number of aliphatic carboxylic acids is 1. The van der Waals surface area contributed by atoms with Crippen LogP contribution in [0.2, 0.25) is 0 Å². The van der Waals surface area contributed by atoms with Crippen LogP contribution in [-0.2, 0) is 16.1 Å². The molecule has 3 aromatic rings. The van der Waals surface area contributed by atoms with Crippen LogP contribution in [0.5, 0.6) is 0 Å². The highest BCUT2D eigenvalue weighted by molar-refractivity contribution is 6.02. The van der Waals surface area contributed by atoms with Crippen LogP contribution in [0.3, 0.4) is 0 Å². The largest absolute Gasteiger partial charge is 0.544 e. The van der Waals surface area contributed by atoms with Crippen molar-refractivity contribution in [3.8, 4) is 0 Å². The van der Waals surface area contributed by atoms with Gasteiger partial charge >= 0.3 is 0 Å². The van der Waals surface area contributed by atoms with E-state index < -0.39 is 12.0 Å². The topological polar surface area (TPSA) is 98.7 Å². The number of amides is 1. The SMILES string of the molecule is O=C(C[C@@H]([NH2+]Cc1cccnc1)C(=O)[O-])Nc1cccc2ccccc12. The molecule has 6 heteroatoms. The van der Waals surface area contributed by atoms with Gasteiger partial charge in [0.25, 0.3) is 0 Å². The van der Waals surface area contributed by atoms with E-state index >= 15 is 0 Å². The molecule has 1 aromatic heterocycles. The van der Waals surface area contributed by atoms with Crippen molar-refractivity contribution in [2.45, 2.75) is 19.0 Å². The van der Waals surface area contributed by atoms with Gasteiger partial charge in [-0.15, -0.1) is 0 Å². The number of carbonyl (C=O) groups excluding carboxylic acids is 2. The molecule has 1 amide bonds. The molecular formula is C20H19N3O3. The molecule has 1 heterocycles. The third-order valence-electron chi connectivity index (χ3n) is 4.13. The number of nitrogens with zero attached hydrogens (tertiary/aromatic N) is 1. The number of nitrogens with one attached hydrogen (secondary N) is 1. The molecule has 2 aromatic carbocycles. The number of hydrogen-bond donors (Lipinski definition) is 2. The molecule has 3 rings (SSSR count). The highest BCUT2D eigenvalue weighted by atomic mass is 16.4. The molecule has 0 radical (unpaired) electrons. The fourth-order valence-corrected chi connectivity index (χ4v) is 2.80. The lowest BCUT2D eigenvalue weighted by molar-refractivity contribution is -0.697. The van der Waals surface area contributed by atoms with Crippen molar-refractivity contribution >= 4 is 28.3 Å². The molecular weight excluding hydrogens is 330 g/mol. The fraction of sp³-hybridized carbons (Fsp3) is 0.150. The van der Waals surface area contributed by atoms with Gasteiger partial charge in [-0.25, -0.2) is 0 Å². The van der Waals surface area contributed by atoms with Gasteiger partial charge in [0.15, 0.2) is 0 Å². The first-order valence-corrected chi connectivity index (χ1v) is 8.34. The predicted octanol–water partition coefficient (Wildman–Crippen LogP) is 0.446. The summed E-state index contributed by atoms with van der Waals surface area (Å²) in [4.78, 5) is 27.7. The molecule has 26 heavy (non-hydrogen) atoms. The molecule has 0 saturated carbocycles. The van der Waals surface area contributed by atoms with Crippen LogP contribution in [0.1, 0.15) is 12.0 Å². The van der Waals surface area contributed by atoms with Gasteiger partial charge in [-0.2, -0.15) is 0 Å². The van der Waals surface area contributed by atoms with Gasteiger partial charge < -0.3 is 20.5 Å². The molecule has 0 bridgehead atoms. The van der Waals surface area contributed by atoms with E-state index in [-0.39, 0.29) is 12.3 Å². The monoisotopic (exact) mass is 349 g/mol. The number of rotatable bonds is 7. The molecule has 0 fully saturated rings. The van der Waals surface area contributed by atoms with Crippen molar-refractivity contribution in [1.29, 1.82) is 0 Å². The average molecular weight is 349 g/mol. The number of carbonyl (C=O) groups is 2. The number of carboxylic acids is 1. The maximum atomic E-state index is 12.3. The summed E-state index contributed by atoms with van der Waals surface area (Å²) in [6.07, 6.45) is 3.14. The molecule has 0 aliphatic carbocycles. The first-order chi connectivity index (χ1) is 12.6. The third-order valence-corrected chi connectivity index (χ3v) is 4.13. The minimum absolute atomic E-state index is 0.175. The summed E-state index contributed by atoms with van der Waals surface area (Å²) in [5.74, 6) is -1.63. The number of aromatic nitrogens is 1. The van der Waals surface area contributed by atoms with Gasteiger partial charge in [0.05, 0.1) is 12.4 Å². The van der Waals surface area contributed by atoms with Crippen LogP contribution < -0.4 is 15.7 Å². The lowest BCUT2D eigenvalue weighted by Crippen LogP contribution is -2.92. The summed E-state index contributed by atoms with van der Waals surface area (Å²) < 4.78 is 0. The number of fused-ring (bicyclic) bond motifs is 1. The lowest BCUT2D eigenvalue weighted by Gasteiger charge is -2.17. The Labute approximate surface area is 150 Å². The summed E-state index contributed by atoms with van der Waals surface area (Å²) in [5.41, 5.74) is 1.55. The van der Waals surface area contributed by atoms with Crippen LogP contribution in [0, 0.1) is 0 Å². The maximum absolute atomic E-state index is 12.3. The number of quaternary nitrogens is 1. The van der Waals surface area contributed by atoms with Gasteiger partial charge in [-0.3, -0.25) is 9.78 Å². The van der Waals surface area contributed by atoms with Crippen molar-refractivity contribution in [2.75, 3.05) is 5.32 Å². The first kappa shape index (κ1) is 17.6. The minimum Gasteiger partial charge on any atom is -0.544 e. The van der Waals surface area contributed by atoms with Crippen LogP contribution in [-0.4, -0.2) is 22.9 Å². The first-order valence-electron chi connectivity index (χ1n) is 8.34. The second-order valence-electron chi connectivity index (χ2n) is 6.01. The van der Waals surface area contributed by atoms with Crippen molar-refractivity contribution in [2.24, 2.45) is 0 Å². The van der Waals surface area contributed by atoms with Crippen LogP contribution in [0.4, 0.5) is 5.69 Å². The molecule has 0 aliphatic heterocycles. The summed E-state index contributed by atoms with van der Waals surface area (Å²) in [6, 6.07) is 16.0. The molecule has 0 aliphatic rings. The fourth-order valence-electron chi connectivity index (χ4n) is 2.80. The average Bonchev–Trinajstić information content (AvgIpc) is 2.66. The standard InChI is InChI=1S/C20H19N3O3/c24-19(23-17-9-3-7-15-6-1-2-8-16(15)17)11-18(20(25)26)22-13-14-5-4-10-21-12-14/h1-10,12,18,22H,11,13H2,(H,23,24)(H,25,26)/t18-/m1/s1. The Bertz CT molecular complexity index is 907. The van der Waals surface area contributed by atoms with Crippen molar-refractivity contribution in [3.05, 3.63) is 72.6 Å². The normalized spacial score (nSPS) is 11.8. The van der Waals surface area contributed by atoms with Crippen molar-refractivity contribution in [3.63, 3.8) is 0 Å². The lowest BCUT2D eigenvalue weighted by atomic mass is 10.1. The van der Waals surface area contributed by atoms with Gasteiger partial charge in [-0.05, 0) is 17.5 Å². The molecule has 1 atom stereocenters. The summed E-state index contributed by atoms with van der Waals surface area (Å²) in [6.45, 7) is 0.411. The van der Waals surface area contributed by atoms with Gasteiger partial charge in [0, 0.05) is 29.0 Å². The second-order valence-corrected chi connectivity index (χ2v) is 6.01. The maximum Gasteiger partial charge on any atom is 0.230 e. The Morgan fingerprint density at radius 3 is 2.65 bits per heavy atom. The van der Waals surface area contributed by atoms with Crippen LogP contribution >= 0.6 is 0 Å². The molecule has 6 nitrogen and oxygen atoms in total. The molecule has 0 saturated heterocycles. The summed E-state index contributed by atoms with van der Waals surface area (Å²) >= 11 is 0. The van der Waals surface area contributed by atoms with E-state index in [9.17, 15) is 14.7 Å². The number of anilines is 1. The molecule has 132 valence electrons. The van der Waals surface area contributed by atoms with Gasteiger partial charge in [-0.1, -0.05) is 42.5 Å². The van der Waals surface area contributed by atoms with E-state index in [1.165, 1.54) is 0 Å². The molecule has 0 spiro atoms. The number of hydrogen-bond acceptors (Lipinski definition) is 4. The third kappa shape index (κ3) is 4.43. The van der Waals surface area contributed by atoms with Gasteiger partial charge in [0.2, 0.25) is 5.91 Å². The van der Waals surface area contributed by atoms with E-state index in [4.69, 9.17) is 0 Å². The minimum atomic E-state index is -1.26. The van der Waals surface area contributed by atoms with E-state index in [2.05, 4.69) is 10.3 Å². The van der Waals surface area contributed by atoms with E-state index in [1.54, 1.807) is 29.8 Å². The Kier molecular flexibility index (Phi) is 5.56. The predicted molar refractivity (Wildman–Crippen MR) is 95.9 cm³/mol. The van der Waals surface area contributed by atoms with E-state index in [0.29, 0.717) is 12.2 Å². The Morgan fingerprint density at radius 1 is 1.08 bits per heavy atom. The number of carboxylic acid groups (broad SMARTS) is 1. The van der Waals surface area contributed by atoms with E-state index in [1.807, 2.05) is 42.5 Å². The van der Waals surface area contributed by atoms with Crippen LogP contribution in [0.15, 0.2) is 67.0 Å². The summed E-state index contributed by atoms with van der Waals surface area (Å²) in [7, 11) is 0. The zero-order valence-electron chi connectivity index (χ0n) is 14.1. The number of pyridine rings is 1. The van der Waals surface area contributed by atoms with Crippen molar-refractivity contribution in [1.82, 2.24) is 4.98 Å². The highest BCUT2D eigenvalue weighted by Gasteiger charge is 2.19. The smallest absolute Gasteiger partial charge is 0.230 e.